The normalized spacial score (nSPS) is 10.7. The summed E-state index contributed by atoms with van der Waals surface area (Å²) < 4.78 is 10.9. The predicted molar refractivity (Wildman–Crippen MR) is 168 cm³/mol. The number of hydrogen-bond donors (Lipinski definition) is 0. The van der Waals surface area contributed by atoms with Crippen LogP contribution >= 0.6 is 0 Å². The molecule has 0 atom stereocenters. The quantitative estimate of drug-likeness (QED) is 0.195. The maximum absolute atomic E-state index is 5.47. The van der Waals surface area contributed by atoms with E-state index >= 15 is 0 Å². The SMILES string of the molecule is COc1ccc(-c2cc(N(c3ccccc3)c3ccccc3)c(-c3ccccc3)c(-c3ccc(OC)cc3)n2)cc1. The van der Waals surface area contributed by atoms with Crippen molar-refractivity contribution in [3.63, 3.8) is 0 Å². The van der Waals surface area contributed by atoms with Crippen LogP contribution in [0.25, 0.3) is 33.6 Å². The highest BCUT2D eigenvalue weighted by molar-refractivity contribution is 5.97. The molecule has 200 valence electrons. The molecule has 0 saturated heterocycles. The van der Waals surface area contributed by atoms with E-state index in [9.17, 15) is 0 Å². The number of hydrogen-bond acceptors (Lipinski definition) is 4. The molecule has 0 saturated carbocycles. The van der Waals surface area contributed by atoms with Crippen molar-refractivity contribution in [3.8, 4) is 45.1 Å². The number of para-hydroxylation sites is 2. The lowest BCUT2D eigenvalue weighted by molar-refractivity contribution is 0.415. The van der Waals surface area contributed by atoms with E-state index in [2.05, 4.69) is 108 Å². The van der Waals surface area contributed by atoms with Gasteiger partial charge in [-0.05, 0) is 84.4 Å². The topological polar surface area (TPSA) is 34.6 Å². The summed E-state index contributed by atoms with van der Waals surface area (Å²) >= 11 is 0. The van der Waals surface area contributed by atoms with Crippen molar-refractivity contribution in [2.75, 3.05) is 19.1 Å². The van der Waals surface area contributed by atoms with E-state index in [-0.39, 0.29) is 0 Å². The van der Waals surface area contributed by atoms with Gasteiger partial charge in [0.1, 0.15) is 11.5 Å². The van der Waals surface area contributed by atoms with Crippen LogP contribution < -0.4 is 14.4 Å². The molecule has 1 aromatic heterocycles. The van der Waals surface area contributed by atoms with Gasteiger partial charge in [0.15, 0.2) is 0 Å². The van der Waals surface area contributed by atoms with Crippen molar-refractivity contribution in [1.82, 2.24) is 4.98 Å². The van der Waals surface area contributed by atoms with Crippen molar-refractivity contribution in [2.24, 2.45) is 0 Å². The third-order valence-electron chi connectivity index (χ3n) is 7.08. The number of rotatable bonds is 8. The molecular weight excluding hydrogens is 504 g/mol. The number of nitrogens with zero attached hydrogens (tertiary/aromatic N) is 2. The molecule has 0 N–H and O–H groups in total. The van der Waals surface area contributed by atoms with Crippen LogP contribution in [-0.4, -0.2) is 19.2 Å². The fourth-order valence-corrected chi connectivity index (χ4v) is 5.05. The maximum atomic E-state index is 5.47. The highest BCUT2D eigenvalue weighted by atomic mass is 16.5. The lowest BCUT2D eigenvalue weighted by atomic mass is 9.94. The van der Waals surface area contributed by atoms with E-state index in [1.54, 1.807) is 14.2 Å². The monoisotopic (exact) mass is 534 g/mol. The molecule has 6 aromatic rings. The van der Waals surface area contributed by atoms with Gasteiger partial charge < -0.3 is 14.4 Å². The van der Waals surface area contributed by atoms with E-state index in [4.69, 9.17) is 14.5 Å². The Morgan fingerprint density at radius 2 is 0.951 bits per heavy atom. The van der Waals surface area contributed by atoms with E-state index in [1.807, 2.05) is 42.5 Å². The second-order valence-corrected chi connectivity index (χ2v) is 9.58. The standard InChI is InChI=1S/C37H30N2O2/c1-40-32-22-18-27(19-23-32)34-26-35(39(30-14-8-4-9-15-30)31-16-10-5-11-17-31)36(28-12-6-3-7-13-28)37(38-34)29-20-24-33(41-2)25-21-29/h3-26H,1-2H3. The first kappa shape index (κ1) is 25.9. The van der Waals surface area contributed by atoms with Crippen LogP contribution in [0.4, 0.5) is 17.1 Å². The molecule has 0 bridgehead atoms. The predicted octanol–water partition coefficient (Wildman–Crippen LogP) is 9.57. The molecule has 1 heterocycles. The first-order valence-electron chi connectivity index (χ1n) is 13.5. The second-order valence-electron chi connectivity index (χ2n) is 9.58. The third kappa shape index (κ3) is 5.41. The summed E-state index contributed by atoms with van der Waals surface area (Å²) in [7, 11) is 3.36. The van der Waals surface area contributed by atoms with Gasteiger partial charge in [-0.1, -0.05) is 66.7 Å². The Morgan fingerprint density at radius 3 is 1.44 bits per heavy atom. The van der Waals surface area contributed by atoms with Gasteiger partial charge in [0.05, 0.1) is 31.3 Å². The zero-order valence-electron chi connectivity index (χ0n) is 23.1. The number of ether oxygens (including phenoxy) is 2. The van der Waals surface area contributed by atoms with Crippen molar-refractivity contribution >= 4 is 17.1 Å². The summed E-state index contributed by atoms with van der Waals surface area (Å²) in [6.07, 6.45) is 0. The number of benzene rings is 5. The molecule has 0 unspecified atom stereocenters. The van der Waals surface area contributed by atoms with Gasteiger partial charge in [0.25, 0.3) is 0 Å². The van der Waals surface area contributed by atoms with Crippen molar-refractivity contribution < 1.29 is 9.47 Å². The van der Waals surface area contributed by atoms with E-state index in [0.717, 1.165) is 62.2 Å². The molecule has 0 amide bonds. The van der Waals surface area contributed by atoms with Gasteiger partial charge in [-0.3, -0.25) is 0 Å². The van der Waals surface area contributed by atoms with Crippen LogP contribution in [0, 0.1) is 0 Å². The number of aromatic nitrogens is 1. The van der Waals surface area contributed by atoms with Gasteiger partial charge in [-0.15, -0.1) is 0 Å². The number of pyridine rings is 1. The van der Waals surface area contributed by atoms with Crippen LogP contribution in [-0.2, 0) is 0 Å². The molecule has 6 rings (SSSR count). The highest BCUT2D eigenvalue weighted by Crippen LogP contribution is 2.46. The molecule has 0 fully saturated rings. The minimum absolute atomic E-state index is 0.803. The molecule has 4 nitrogen and oxygen atoms in total. The minimum Gasteiger partial charge on any atom is -0.497 e. The zero-order valence-corrected chi connectivity index (χ0v) is 23.1. The Labute approximate surface area is 241 Å². The van der Waals surface area contributed by atoms with Crippen LogP contribution in [0.2, 0.25) is 0 Å². The Morgan fingerprint density at radius 1 is 0.488 bits per heavy atom. The molecule has 4 heteroatoms. The van der Waals surface area contributed by atoms with E-state index in [0.29, 0.717) is 0 Å². The largest absolute Gasteiger partial charge is 0.497 e. The molecule has 5 aromatic carbocycles. The Kier molecular flexibility index (Phi) is 7.46. The summed E-state index contributed by atoms with van der Waals surface area (Å²) in [6.45, 7) is 0. The molecule has 41 heavy (non-hydrogen) atoms. The second kappa shape index (κ2) is 11.8. The maximum Gasteiger partial charge on any atom is 0.118 e. The van der Waals surface area contributed by atoms with Crippen LogP contribution in [0.5, 0.6) is 11.5 Å². The average Bonchev–Trinajstić information content (AvgIpc) is 3.06. The van der Waals surface area contributed by atoms with Crippen molar-refractivity contribution in [1.29, 1.82) is 0 Å². The first-order valence-corrected chi connectivity index (χ1v) is 13.5. The van der Waals surface area contributed by atoms with E-state index < -0.39 is 0 Å². The van der Waals surface area contributed by atoms with E-state index in [1.165, 1.54) is 0 Å². The summed E-state index contributed by atoms with van der Waals surface area (Å²) in [5.74, 6) is 1.61. The molecule has 0 aliphatic carbocycles. The van der Waals surface area contributed by atoms with Gasteiger partial charge >= 0.3 is 0 Å². The summed E-state index contributed by atoms with van der Waals surface area (Å²) in [5, 5.41) is 0. The van der Waals surface area contributed by atoms with Gasteiger partial charge in [0, 0.05) is 28.1 Å². The van der Waals surface area contributed by atoms with Gasteiger partial charge in [-0.2, -0.15) is 0 Å². The average molecular weight is 535 g/mol. The Hall–Kier alpha value is -5.35. The third-order valence-corrected chi connectivity index (χ3v) is 7.08. The Bertz CT molecular complexity index is 1680. The lowest BCUT2D eigenvalue weighted by Crippen LogP contribution is -2.12. The lowest BCUT2D eigenvalue weighted by Gasteiger charge is -2.29. The first-order chi connectivity index (χ1) is 20.2. The minimum atomic E-state index is 0.803. The van der Waals surface area contributed by atoms with Crippen molar-refractivity contribution in [3.05, 3.63) is 146 Å². The number of anilines is 3. The summed E-state index contributed by atoms with van der Waals surface area (Å²) in [6, 6.07) is 49.8. The fraction of sp³-hybridized carbons (Fsp3) is 0.0541. The van der Waals surface area contributed by atoms with Gasteiger partial charge in [0.2, 0.25) is 0 Å². The van der Waals surface area contributed by atoms with Gasteiger partial charge in [-0.25, -0.2) is 4.98 Å². The molecule has 0 spiro atoms. The fourth-order valence-electron chi connectivity index (χ4n) is 5.05. The van der Waals surface area contributed by atoms with Crippen molar-refractivity contribution in [2.45, 2.75) is 0 Å². The summed E-state index contributed by atoms with van der Waals surface area (Å²) in [4.78, 5) is 7.63. The molecule has 0 radical (unpaired) electrons. The Balaban J connectivity index is 1.70. The molecule has 0 aliphatic heterocycles. The molecular formula is C37H30N2O2. The van der Waals surface area contributed by atoms with Crippen LogP contribution in [0.15, 0.2) is 146 Å². The molecule has 0 aliphatic rings. The summed E-state index contributed by atoms with van der Waals surface area (Å²) in [5.41, 5.74) is 9.03. The zero-order chi connectivity index (χ0) is 28.0. The van der Waals surface area contributed by atoms with Crippen LogP contribution in [0.1, 0.15) is 0 Å². The smallest absolute Gasteiger partial charge is 0.118 e. The number of methoxy groups -OCH3 is 2. The van der Waals surface area contributed by atoms with Crippen LogP contribution in [0.3, 0.4) is 0 Å². The highest BCUT2D eigenvalue weighted by Gasteiger charge is 2.23.